The molecule has 0 saturated heterocycles. The van der Waals surface area contributed by atoms with Crippen molar-refractivity contribution in [2.45, 2.75) is 175 Å². The van der Waals surface area contributed by atoms with Gasteiger partial charge in [0.15, 0.2) is 6.10 Å². The normalized spacial score (nSPS) is 14.6. The molecule has 0 aliphatic heterocycles. The third kappa shape index (κ3) is 33.2. The van der Waals surface area contributed by atoms with Gasteiger partial charge in [0.05, 0.1) is 33.9 Å². The monoisotopic (exact) mass is 916 g/mol. The number of furan rings is 1. The smallest absolute Gasteiger partial charge is 0.306 e. The van der Waals surface area contributed by atoms with Crippen molar-refractivity contribution in [3.8, 4) is 0 Å². The molecular formula is C52H86NO10P. The van der Waals surface area contributed by atoms with E-state index in [2.05, 4.69) is 76.3 Å². The van der Waals surface area contributed by atoms with Crippen molar-refractivity contribution in [2.75, 3.05) is 47.5 Å². The molecule has 3 atom stereocenters. The van der Waals surface area contributed by atoms with Crippen molar-refractivity contribution in [2.24, 2.45) is 0 Å². The summed E-state index contributed by atoms with van der Waals surface area (Å²) in [5.74, 6) is 1.16. The minimum atomic E-state index is -4.70. The first-order valence-corrected chi connectivity index (χ1v) is 25.6. The summed E-state index contributed by atoms with van der Waals surface area (Å²) in [6.07, 6.45) is 40.9. The van der Waals surface area contributed by atoms with E-state index in [1.165, 1.54) is 30.4 Å². The van der Waals surface area contributed by atoms with Gasteiger partial charge in [-0.05, 0) is 82.8 Å². The molecule has 1 heterocycles. The molecule has 0 radical (unpaired) electrons. The second kappa shape index (κ2) is 36.9. The van der Waals surface area contributed by atoms with Crippen LogP contribution in [0.2, 0.25) is 0 Å². The molecule has 0 aromatic carbocycles. The summed E-state index contributed by atoms with van der Waals surface area (Å²) in [5.41, 5.74) is 2.63. The lowest BCUT2D eigenvalue weighted by Gasteiger charge is -2.28. The molecule has 0 bridgehead atoms. The molecule has 1 aromatic heterocycles. The highest BCUT2D eigenvalue weighted by Gasteiger charge is 2.22. The highest BCUT2D eigenvalue weighted by atomic mass is 31.2. The molecule has 0 aliphatic rings. The second-order valence-corrected chi connectivity index (χ2v) is 18.9. The maximum atomic E-state index is 12.8. The van der Waals surface area contributed by atoms with Gasteiger partial charge in [-0.3, -0.25) is 14.2 Å². The van der Waals surface area contributed by atoms with Crippen molar-refractivity contribution in [1.29, 1.82) is 0 Å². The second-order valence-electron chi connectivity index (χ2n) is 17.5. The number of esters is 2. The molecule has 11 nitrogen and oxygen atoms in total. The number of aryl methyl sites for hydroxylation is 2. The van der Waals surface area contributed by atoms with Crippen LogP contribution in [0.3, 0.4) is 0 Å². The average Bonchev–Trinajstić information content (AvgIpc) is 3.51. The summed E-state index contributed by atoms with van der Waals surface area (Å²) in [4.78, 5) is 37.8. The minimum absolute atomic E-state index is 0.0774. The predicted molar refractivity (Wildman–Crippen MR) is 259 cm³/mol. The molecule has 2 unspecified atom stereocenters. The molecule has 0 fully saturated rings. The number of nitrogens with zero attached hydrogens (tertiary/aromatic N) is 1. The lowest BCUT2D eigenvalue weighted by molar-refractivity contribution is -0.870. The summed E-state index contributed by atoms with van der Waals surface area (Å²) < 4.78 is 40.0. The highest BCUT2D eigenvalue weighted by molar-refractivity contribution is 7.45. The summed E-state index contributed by atoms with van der Waals surface area (Å²) in [6.45, 7) is 8.11. The van der Waals surface area contributed by atoms with Gasteiger partial charge in [-0.1, -0.05) is 138 Å². The quantitative estimate of drug-likeness (QED) is 0.0169. The highest BCUT2D eigenvalue weighted by Crippen LogP contribution is 2.38. The number of quaternary nitrogens is 1. The fraction of sp³-hybridized carbons (Fsp3) is 0.654. The van der Waals surface area contributed by atoms with Crippen molar-refractivity contribution >= 4 is 19.8 Å². The Morgan fingerprint density at radius 3 is 1.78 bits per heavy atom. The number of hydrogen-bond acceptors (Lipinski definition) is 10. The van der Waals surface area contributed by atoms with Gasteiger partial charge < -0.3 is 37.4 Å². The third-order valence-electron chi connectivity index (χ3n) is 10.6. The molecule has 364 valence electrons. The van der Waals surface area contributed by atoms with E-state index >= 15 is 0 Å². The van der Waals surface area contributed by atoms with Gasteiger partial charge in [-0.25, -0.2) is 0 Å². The molecule has 1 N–H and O–H groups in total. The Morgan fingerprint density at radius 1 is 0.688 bits per heavy atom. The van der Waals surface area contributed by atoms with E-state index in [1.807, 2.05) is 33.3 Å². The minimum Gasteiger partial charge on any atom is -0.756 e. The third-order valence-corrected chi connectivity index (χ3v) is 11.5. The lowest BCUT2D eigenvalue weighted by Crippen LogP contribution is -2.37. The zero-order valence-electron chi connectivity index (χ0n) is 40.8. The van der Waals surface area contributed by atoms with Crippen LogP contribution in [0.1, 0.15) is 158 Å². The van der Waals surface area contributed by atoms with Gasteiger partial charge in [0, 0.05) is 25.7 Å². The van der Waals surface area contributed by atoms with Gasteiger partial charge in [0.2, 0.25) is 0 Å². The Morgan fingerprint density at radius 2 is 1.22 bits per heavy atom. The van der Waals surface area contributed by atoms with E-state index in [-0.39, 0.29) is 25.9 Å². The molecule has 0 saturated carbocycles. The fourth-order valence-electron chi connectivity index (χ4n) is 6.47. The van der Waals surface area contributed by atoms with Gasteiger partial charge in [-0.15, -0.1) is 0 Å². The maximum absolute atomic E-state index is 12.8. The first-order chi connectivity index (χ1) is 30.7. The van der Waals surface area contributed by atoms with Crippen LogP contribution in [-0.4, -0.2) is 81.2 Å². The molecular weight excluding hydrogens is 830 g/mol. The van der Waals surface area contributed by atoms with Crippen molar-refractivity contribution in [3.63, 3.8) is 0 Å². The SMILES string of the molecule is CC/C=C\C/C=C\C/C=C\C/C=C\C/C=C\C=C/C(O)CCC(=O)OC[C@H](COP(=O)([O-])OCC[N+](C)(C)C)OC(=O)CCCCCCCCCCc1oc(CCCCC)c(C)c1C. The molecule has 0 spiro atoms. The Kier molecular flexibility index (Phi) is 33.8. The number of carbonyl (C=O) groups is 2. The number of ether oxygens (including phenoxy) is 2. The van der Waals surface area contributed by atoms with Gasteiger partial charge in [0.25, 0.3) is 7.82 Å². The van der Waals surface area contributed by atoms with Crippen LogP contribution < -0.4 is 4.89 Å². The van der Waals surface area contributed by atoms with Crippen LogP contribution in [0, 0.1) is 13.8 Å². The van der Waals surface area contributed by atoms with Crippen molar-refractivity contribution in [3.05, 3.63) is 95.6 Å². The molecule has 0 aliphatic carbocycles. The summed E-state index contributed by atoms with van der Waals surface area (Å²) in [7, 11) is 1.01. The Hall–Kier alpha value is -3.31. The van der Waals surface area contributed by atoms with Gasteiger partial charge >= 0.3 is 11.9 Å². The van der Waals surface area contributed by atoms with Crippen LogP contribution in [0.15, 0.2) is 77.3 Å². The summed E-state index contributed by atoms with van der Waals surface area (Å²) >= 11 is 0. The number of hydrogen-bond donors (Lipinski definition) is 1. The first kappa shape index (κ1) is 58.7. The number of carbonyl (C=O) groups excluding carboxylic acids is 2. The van der Waals surface area contributed by atoms with E-state index in [1.54, 1.807) is 12.2 Å². The fourth-order valence-corrected chi connectivity index (χ4v) is 7.20. The van der Waals surface area contributed by atoms with Crippen LogP contribution in [0.25, 0.3) is 0 Å². The summed E-state index contributed by atoms with van der Waals surface area (Å²) in [5, 5.41) is 10.3. The van der Waals surface area contributed by atoms with E-state index in [4.69, 9.17) is 22.9 Å². The number of aliphatic hydroxyl groups excluding tert-OH is 1. The topological polar surface area (TPSA) is 145 Å². The number of aliphatic hydroxyl groups is 1. The molecule has 1 aromatic rings. The zero-order valence-corrected chi connectivity index (χ0v) is 41.7. The maximum Gasteiger partial charge on any atom is 0.306 e. The van der Waals surface area contributed by atoms with Crippen molar-refractivity contribution in [1.82, 2.24) is 0 Å². The van der Waals surface area contributed by atoms with Gasteiger partial charge in [-0.2, -0.15) is 0 Å². The first-order valence-electron chi connectivity index (χ1n) is 24.1. The van der Waals surface area contributed by atoms with Crippen LogP contribution in [0.5, 0.6) is 0 Å². The molecule has 12 heteroatoms. The number of unbranched alkanes of at least 4 members (excludes halogenated alkanes) is 9. The molecule has 0 amide bonds. The van der Waals surface area contributed by atoms with Crippen LogP contribution in [-0.2, 0) is 45.5 Å². The predicted octanol–water partition coefficient (Wildman–Crippen LogP) is 11.8. The zero-order chi connectivity index (χ0) is 47.3. The Balaban J connectivity index is 2.43. The standard InChI is InChI=1S/C52H86NO10P/c1-8-10-12-13-14-15-16-17-18-19-20-21-22-25-28-32-35-47(54)39-40-51(55)59-43-48(44-61-64(57,58)60-42-41-53(5,6)7)62-52(56)38-34-30-27-24-23-26-29-33-37-50-46(4)45(3)49(63-50)36-31-11-9-2/h10,12,14-15,17-18,20-21,25,28,32,35,47-48,54H,8-9,11,13,16,19,22-24,26-27,29-31,33-34,36-44H2,1-7H3/b12-10-,15-14-,18-17-,21-20-,28-25-,35-32-/t47?,48-/m1/s1. The number of allylic oxidation sites excluding steroid dienone is 11. The lowest BCUT2D eigenvalue weighted by atomic mass is 10.0. The van der Waals surface area contributed by atoms with Crippen molar-refractivity contribution < 1.29 is 51.6 Å². The van der Waals surface area contributed by atoms with E-state index < -0.39 is 45.2 Å². The van der Waals surface area contributed by atoms with E-state index in [0.717, 1.165) is 101 Å². The van der Waals surface area contributed by atoms with Crippen LogP contribution >= 0.6 is 7.82 Å². The molecule has 64 heavy (non-hydrogen) atoms. The average molecular weight is 916 g/mol. The summed E-state index contributed by atoms with van der Waals surface area (Å²) in [6, 6.07) is 0. The van der Waals surface area contributed by atoms with Gasteiger partial charge in [0.1, 0.15) is 31.3 Å². The Labute approximate surface area is 387 Å². The number of phosphoric ester groups is 1. The molecule has 1 rings (SSSR count). The number of likely N-dealkylation sites (N-methyl/N-ethyl adjacent to an activating group) is 1. The Bertz CT molecular complexity index is 1620. The largest absolute Gasteiger partial charge is 0.756 e. The van der Waals surface area contributed by atoms with E-state index in [0.29, 0.717) is 17.4 Å². The number of phosphoric acid groups is 1. The van der Waals surface area contributed by atoms with E-state index in [9.17, 15) is 24.2 Å². The number of rotatable bonds is 39. The van der Waals surface area contributed by atoms with Crippen LogP contribution in [0.4, 0.5) is 0 Å².